The van der Waals surface area contributed by atoms with Gasteiger partial charge in [-0.3, -0.25) is 14.4 Å². The molecule has 2 aliphatic heterocycles. The number of quaternary nitrogens is 1. The molecular weight excluding hydrogens is 544 g/mol. The molecule has 2 aromatic carbocycles. The summed E-state index contributed by atoms with van der Waals surface area (Å²) in [5, 5.41) is 11.1. The van der Waals surface area contributed by atoms with Crippen LogP contribution in [0.5, 0.6) is 0 Å². The summed E-state index contributed by atoms with van der Waals surface area (Å²) in [6.07, 6.45) is 1.80. The molecule has 2 fully saturated rings. The standard InChI is InChI=1S/C29H29F2N3O5.ClH/c1-17(2)33-16-29(11-21(12-29)39-15-18-6-4-3-5-7-18)34(13-19-8-9-20(30)10-23(19)31)14-22(27(32)37)25(35)26(36)24(34)28(33)38;/h3-10,14,17,21H,11-13,15-16H2,1-2H3,(H2-,32,36,37,38);1H/p+1. The number of nitrogens with zero attached hydrogens (tertiary/aromatic N) is 2. The Morgan fingerprint density at radius 3 is 2.45 bits per heavy atom. The number of carbonyl (C=O) groups excluding carboxylic acids is 3. The minimum Gasteiger partial charge on any atom is -0.500 e. The third-order valence-electron chi connectivity index (χ3n) is 8.07. The molecule has 1 aliphatic carbocycles. The first kappa shape index (κ1) is 29.4. The summed E-state index contributed by atoms with van der Waals surface area (Å²) < 4.78 is 34.4. The first-order valence-electron chi connectivity index (χ1n) is 12.8. The van der Waals surface area contributed by atoms with Gasteiger partial charge in [0.05, 0.1) is 19.3 Å². The molecule has 40 heavy (non-hydrogen) atoms. The molecule has 1 unspecified atom stereocenters. The molecule has 1 spiro atoms. The summed E-state index contributed by atoms with van der Waals surface area (Å²) in [4.78, 5) is 40.7. The molecule has 2 aromatic rings. The van der Waals surface area contributed by atoms with Crippen molar-refractivity contribution in [3.05, 3.63) is 94.5 Å². The molecule has 3 N–H and O–H groups in total. The Balaban J connectivity index is 0.00000370. The van der Waals surface area contributed by atoms with E-state index in [9.17, 15) is 23.9 Å². The van der Waals surface area contributed by atoms with Gasteiger partial charge in [-0.25, -0.2) is 13.3 Å². The van der Waals surface area contributed by atoms with E-state index in [0.29, 0.717) is 19.4 Å². The molecular formula is C29H31ClF2N3O5+. The summed E-state index contributed by atoms with van der Waals surface area (Å²) in [6.45, 7) is 3.94. The summed E-state index contributed by atoms with van der Waals surface area (Å²) in [5.74, 6) is -5.25. The SMILES string of the molecule is CC(C)N1CC2(CC(OCc3ccccc3)C2)[N+]2(Cc3ccc(F)cc3F)C=C(C(N)=O)C(=O)C(O)=C2C1=O.Cl. The van der Waals surface area contributed by atoms with Gasteiger partial charge >= 0.3 is 5.91 Å². The van der Waals surface area contributed by atoms with Crippen LogP contribution in [-0.4, -0.2) is 56.3 Å². The molecule has 8 nitrogen and oxygen atoms in total. The van der Waals surface area contributed by atoms with Gasteiger partial charge in [0.2, 0.25) is 17.2 Å². The van der Waals surface area contributed by atoms with Gasteiger partial charge in [0.1, 0.15) is 35.5 Å². The van der Waals surface area contributed by atoms with E-state index < -0.39 is 50.6 Å². The number of primary amides is 1. The largest absolute Gasteiger partial charge is 0.500 e. The van der Waals surface area contributed by atoms with E-state index in [4.69, 9.17) is 10.5 Å². The molecule has 1 atom stereocenters. The number of fused-ring (bicyclic) bond motifs is 2. The molecule has 2 amide bonds. The predicted octanol–water partition coefficient (Wildman–Crippen LogP) is 3.79. The highest BCUT2D eigenvalue weighted by Crippen LogP contribution is 2.55. The summed E-state index contributed by atoms with van der Waals surface area (Å²) in [6, 6.07) is 12.4. The molecule has 3 aliphatic rings. The molecule has 0 radical (unpaired) electrons. The second-order valence-electron chi connectivity index (χ2n) is 10.8. The Morgan fingerprint density at radius 2 is 1.85 bits per heavy atom. The highest BCUT2D eigenvalue weighted by Gasteiger charge is 2.69. The highest BCUT2D eigenvalue weighted by atomic mass is 35.5. The fourth-order valence-corrected chi connectivity index (χ4v) is 6.02. The maximum absolute atomic E-state index is 15.0. The number of ether oxygens (including phenoxy) is 1. The lowest BCUT2D eigenvalue weighted by molar-refractivity contribution is -0.919. The van der Waals surface area contributed by atoms with Crippen LogP contribution in [0.2, 0.25) is 0 Å². The number of hydrogen-bond acceptors (Lipinski definition) is 5. The van der Waals surface area contributed by atoms with Crippen molar-refractivity contribution in [2.45, 2.75) is 57.5 Å². The van der Waals surface area contributed by atoms with E-state index in [2.05, 4.69) is 0 Å². The zero-order valence-electron chi connectivity index (χ0n) is 22.1. The van der Waals surface area contributed by atoms with Crippen molar-refractivity contribution in [3.8, 4) is 0 Å². The first-order chi connectivity index (χ1) is 18.5. The number of nitrogens with two attached hydrogens (primary N) is 1. The lowest BCUT2D eigenvalue weighted by Gasteiger charge is -2.62. The summed E-state index contributed by atoms with van der Waals surface area (Å²) >= 11 is 0. The van der Waals surface area contributed by atoms with Crippen molar-refractivity contribution in [2.24, 2.45) is 5.73 Å². The van der Waals surface area contributed by atoms with Gasteiger partial charge in [0.25, 0.3) is 5.91 Å². The maximum Gasteiger partial charge on any atom is 0.313 e. The number of piperazine rings is 1. The lowest BCUT2D eigenvalue weighted by atomic mass is 9.67. The van der Waals surface area contributed by atoms with Gasteiger partial charge in [0.15, 0.2) is 0 Å². The third kappa shape index (κ3) is 4.70. The maximum atomic E-state index is 15.0. The first-order valence-corrected chi connectivity index (χ1v) is 12.8. The Morgan fingerprint density at radius 1 is 1.18 bits per heavy atom. The second kappa shape index (κ2) is 10.8. The number of allylic oxidation sites excluding steroid dienone is 1. The van der Waals surface area contributed by atoms with Crippen molar-refractivity contribution in [1.82, 2.24) is 4.90 Å². The van der Waals surface area contributed by atoms with E-state index in [1.807, 2.05) is 44.2 Å². The monoisotopic (exact) mass is 574 g/mol. The number of aliphatic hydroxyl groups is 1. The van der Waals surface area contributed by atoms with Crippen LogP contribution in [0.3, 0.4) is 0 Å². The van der Waals surface area contributed by atoms with E-state index in [0.717, 1.165) is 17.7 Å². The number of rotatable bonds is 7. The zero-order valence-corrected chi connectivity index (χ0v) is 22.9. The number of hydrogen-bond donors (Lipinski definition) is 2. The van der Waals surface area contributed by atoms with Crippen molar-refractivity contribution < 1.29 is 37.5 Å². The number of ketones is 1. The Hall–Kier alpha value is -3.60. The topological polar surface area (TPSA) is 110 Å². The van der Waals surface area contributed by atoms with Gasteiger partial charge < -0.3 is 20.5 Å². The summed E-state index contributed by atoms with van der Waals surface area (Å²) in [7, 11) is 0. The van der Waals surface area contributed by atoms with Gasteiger partial charge in [-0.15, -0.1) is 12.4 Å². The van der Waals surface area contributed by atoms with Crippen LogP contribution in [0.1, 0.15) is 37.8 Å². The number of carbonyl (C=O) groups is 3. The smallest absolute Gasteiger partial charge is 0.313 e. The fourth-order valence-electron chi connectivity index (χ4n) is 6.02. The number of halogens is 3. The average Bonchev–Trinajstić information content (AvgIpc) is 2.86. The third-order valence-corrected chi connectivity index (χ3v) is 8.07. The van der Waals surface area contributed by atoms with Crippen LogP contribution in [-0.2, 0) is 32.3 Å². The van der Waals surface area contributed by atoms with Crippen LogP contribution in [0.4, 0.5) is 8.78 Å². The van der Waals surface area contributed by atoms with Crippen LogP contribution < -0.4 is 5.73 Å². The molecule has 212 valence electrons. The van der Waals surface area contributed by atoms with Crippen LogP contribution in [0.15, 0.2) is 71.8 Å². The Kier molecular flexibility index (Phi) is 7.90. The molecule has 11 heteroatoms. The molecule has 1 saturated carbocycles. The summed E-state index contributed by atoms with van der Waals surface area (Å²) in [5.41, 5.74) is 4.93. The molecule has 2 heterocycles. The van der Waals surface area contributed by atoms with E-state index in [1.165, 1.54) is 12.3 Å². The Bertz CT molecular complexity index is 1420. The Labute approximate surface area is 236 Å². The fraction of sp³-hybridized carbons (Fsp3) is 0.345. The predicted molar refractivity (Wildman–Crippen MR) is 143 cm³/mol. The van der Waals surface area contributed by atoms with Crippen LogP contribution in [0.25, 0.3) is 0 Å². The number of Topliss-reactive ketones (excluding diaryl/α,β-unsaturated/α-hetero) is 1. The van der Waals surface area contributed by atoms with Gasteiger partial charge in [-0.1, -0.05) is 30.3 Å². The zero-order chi connectivity index (χ0) is 28.1. The van der Waals surface area contributed by atoms with Gasteiger partial charge in [-0.2, -0.15) is 0 Å². The van der Waals surface area contributed by atoms with E-state index in [1.54, 1.807) is 4.90 Å². The second-order valence-corrected chi connectivity index (χ2v) is 10.8. The number of amides is 2. The number of benzene rings is 2. The average molecular weight is 575 g/mol. The van der Waals surface area contributed by atoms with Gasteiger partial charge in [0, 0.05) is 30.5 Å². The van der Waals surface area contributed by atoms with Crippen LogP contribution in [0, 0.1) is 11.6 Å². The van der Waals surface area contributed by atoms with Crippen molar-refractivity contribution >= 4 is 30.0 Å². The molecule has 5 rings (SSSR count). The highest BCUT2D eigenvalue weighted by molar-refractivity contribution is 6.26. The van der Waals surface area contributed by atoms with E-state index in [-0.39, 0.29) is 48.9 Å². The molecule has 1 saturated heterocycles. The van der Waals surface area contributed by atoms with Crippen molar-refractivity contribution in [3.63, 3.8) is 0 Å². The minimum atomic E-state index is -1.08. The van der Waals surface area contributed by atoms with Gasteiger partial charge in [-0.05, 0) is 31.5 Å². The quantitative estimate of drug-likeness (QED) is 0.386. The minimum absolute atomic E-state index is 0. The number of aliphatic hydroxyl groups excluding tert-OH is 1. The molecule has 0 aromatic heterocycles. The molecule has 0 bridgehead atoms. The normalized spacial score (nSPS) is 25.9. The van der Waals surface area contributed by atoms with Crippen LogP contribution >= 0.6 is 12.4 Å². The van der Waals surface area contributed by atoms with E-state index >= 15 is 4.39 Å². The van der Waals surface area contributed by atoms with Crippen molar-refractivity contribution in [2.75, 3.05) is 6.54 Å². The van der Waals surface area contributed by atoms with Crippen molar-refractivity contribution in [1.29, 1.82) is 0 Å². The lowest BCUT2D eigenvalue weighted by Crippen LogP contribution is -2.78.